The minimum absolute atomic E-state index is 0.208. The molecule has 16 heavy (non-hydrogen) atoms. The smallest absolute Gasteiger partial charge is 0.0697 e. The second-order valence-electron chi connectivity index (χ2n) is 5.73. The van der Waals surface area contributed by atoms with Gasteiger partial charge in [-0.05, 0) is 52.4 Å². The van der Waals surface area contributed by atoms with Crippen molar-refractivity contribution < 1.29 is 9.84 Å². The standard InChI is InChI=1S/C13H25NO2/c1-10(8-11(2)15)14-12-4-7-16-13(9-12)5-3-6-13/h10-12,14-15H,3-9H2,1-2H3. The molecule has 1 spiro atoms. The van der Waals surface area contributed by atoms with Crippen LogP contribution in [0.5, 0.6) is 0 Å². The number of ether oxygens (including phenoxy) is 1. The lowest BCUT2D eigenvalue weighted by Gasteiger charge is -2.47. The van der Waals surface area contributed by atoms with Crippen molar-refractivity contribution >= 4 is 0 Å². The molecule has 0 radical (unpaired) electrons. The van der Waals surface area contributed by atoms with E-state index in [1.54, 1.807) is 0 Å². The van der Waals surface area contributed by atoms with Gasteiger partial charge in [0.2, 0.25) is 0 Å². The molecular formula is C13H25NO2. The van der Waals surface area contributed by atoms with E-state index < -0.39 is 0 Å². The Labute approximate surface area is 98.6 Å². The molecule has 0 aromatic carbocycles. The van der Waals surface area contributed by atoms with Gasteiger partial charge in [0, 0.05) is 18.7 Å². The fraction of sp³-hybridized carbons (Fsp3) is 1.00. The Morgan fingerprint density at radius 2 is 2.19 bits per heavy atom. The summed E-state index contributed by atoms with van der Waals surface area (Å²) in [6, 6.07) is 0.989. The van der Waals surface area contributed by atoms with E-state index in [2.05, 4.69) is 12.2 Å². The Morgan fingerprint density at radius 1 is 1.44 bits per heavy atom. The van der Waals surface area contributed by atoms with Crippen LogP contribution < -0.4 is 5.32 Å². The van der Waals surface area contributed by atoms with Crippen molar-refractivity contribution in [1.29, 1.82) is 0 Å². The van der Waals surface area contributed by atoms with Crippen LogP contribution in [-0.4, -0.2) is 35.5 Å². The molecule has 3 heteroatoms. The molecule has 0 aromatic heterocycles. The van der Waals surface area contributed by atoms with Crippen LogP contribution in [0.2, 0.25) is 0 Å². The molecule has 2 rings (SSSR count). The molecule has 0 bridgehead atoms. The maximum atomic E-state index is 9.35. The molecule has 94 valence electrons. The van der Waals surface area contributed by atoms with Gasteiger partial charge in [0.05, 0.1) is 11.7 Å². The zero-order chi connectivity index (χ0) is 11.6. The minimum atomic E-state index is -0.208. The van der Waals surface area contributed by atoms with Crippen LogP contribution in [0, 0.1) is 0 Å². The highest BCUT2D eigenvalue weighted by Crippen LogP contribution is 2.42. The van der Waals surface area contributed by atoms with Gasteiger partial charge in [-0.1, -0.05) is 0 Å². The van der Waals surface area contributed by atoms with Crippen molar-refractivity contribution in [3.8, 4) is 0 Å². The van der Waals surface area contributed by atoms with E-state index >= 15 is 0 Å². The van der Waals surface area contributed by atoms with Gasteiger partial charge in [-0.3, -0.25) is 0 Å². The first kappa shape index (κ1) is 12.3. The number of hydrogen-bond donors (Lipinski definition) is 2. The quantitative estimate of drug-likeness (QED) is 0.770. The Bertz CT molecular complexity index is 226. The molecule has 1 saturated carbocycles. The monoisotopic (exact) mass is 227 g/mol. The van der Waals surface area contributed by atoms with Crippen LogP contribution in [-0.2, 0) is 4.74 Å². The van der Waals surface area contributed by atoms with Gasteiger partial charge in [0.25, 0.3) is 0 Å². The summed E-state index contributed by atoms with van der Waals surface area (Å²) in [6.45, 7) is 4.92. The summed E-state index contributed by atoms with van der Waals surface area (Å²) in [5, 5.41) is 13.0. The fourth-order valence-electron chi connectivity index (χ4n) is 3.07. The summed E-state index contributed by atoms with van der Waals surface area (Å²) in [7, 11) is 0. The summed E-state index contributed by atoms with van der Waals surface area (Å²) >= 11 is 0. The van der Waals surface area contributed by atoms with E-state index in [1.807, 2.05) is 6.92 Å². The third kappa shape index (κ3) is 2.96. The van der Waals surface area contributed by atoms with Gasteiger partial charge < -0.3 is 15.2 Å². The number of aliphatic hydroxyl groups is 1. The van der Waals surface area contributed by atoms with Gasteiger partial charge >= 0.3 is 0 Å². The van der Waals surface area contributed by atoms with E-state index in [9.17, 15) is 5.11 Å². The van der Waals surface area contributed by atoms with Gasteiger partial charge in [-0.25, -0.2) is 0 Å². The van der Waals surface area contributed by atoms with E-state index in [4.69, 9.17) is 4.74 Å². The predicted molar refractivity (Wildman–Crippen MR) is 64.5 cm³/mol. The molecule has 3 atom stereocenters. The lowest BCUT2D eigenvalue weighted by atomic mass is 9.74. The molecule has 1 aliphatic heterocycles. The summed E-state index contributed by atoms with van der Waals surface area (Å²) in [5.41, 5.74) is 0.223. The zero-order valence-corrected chi connectivity index (χ0v) is 10.5. The Morgan fingerprint density at radius 3 is 2.75 bits per heavy atom. The average Bonchev–Trinajstić information content (AvgIpc) is 2.14. The molecule has 3 nitrogen and oxygen atoms in total. The maximum Gasteiger partial charge on any atom is 0.0697 e. The molecule has 3 unspecified atom stereocenters. The highest BCUT2D eigenvalue weighted by atomic mass is 16.5. The maximum absolute atomic E-state index is 9.35. The van der Waals surface area contributed by atoms with Crippen molar-refractivity contribution in [2.75, 3.05) is 6.61 Å². The van der Waals surface area contributed by atoms with Crippen molar-refractivity contribution in [3.63, 3.8) is 0 Å². The van der Waals surface area contributed by atoms with E-state index in [0.717, 1.165) is 25.9 Å². The summed E-state index contributed by atoms with van der Waals surface area (Å²) in [5.74, 6) is 0. The van der Waals surface area contributed by atoms with E-state index in [1.165, 1.54) is 19.3 Å². The molecule has 0 amide bonds. The fourth-order valence-corrected chi connectivity index (χ4v) is 3.07. The normalized spacial score (nSPS) is 32.1. The van der Waals surface area contributed by atoms with Crippen LogP contribution >= 0.6 is 0 Å². The van der Waals surface area contributed by atoms with Crippen molar-refractivity contribution in [2.24, 2.45) is 0 Å². The Hall–Kier alpha value is -0.120. The molecule has 2 fully saturated rings. The molecule has 1 aliphatic carbocycles. The average molecular weight is 227 g/mol. The number of hydrogen-bond acceptors (Lipinski definition) is 3. The summed E-state index contributed by atoms with van der Waals surface area (Å²) < 4.78 is 5.90. The second-order valence-corrected chi connectivity index (χ2v) is 5.73. The SMILES string of the molecule is CC(O)CC(C)NC1CCOC2(CCC2)C1. The first-order chi connectivity index (χ1) is 7.60. The van der Waals surface area contributed by atoms with Crippen LogP contribution in [0.4, 0.5) is 0 Å². The molecule has 1 heterocycles. The molecular weight excluding hydrogens is 202 g/mol. The first-order valence-electron chi connectivity index (χ1n) is 6.68. The lowest BCUT2D eigenvalue weighted by molar-refractivity contribution is -0.136. The largest absolute Gasteiger partial charge is 0.393 e. The van der Waals surface area contributed by atoms with E-state index in [-0.39, 0.29) is 11.7 Å². The van der Waals surface area contributed by atoms with Gasteiger partial charge in [-0.2, -0.15) is 0 Å². The summed E-state index contributed by atoms with van der Waals surface area (Å²) in [6.07, 6.45) is 6.73. The molecule has 0 aromatic rings. The van der Waals surface area contributed by atoms with E-state index in [0.29, 0.717) is 12.1 Å². The summed E-state index contributed by atoms with van der Waals surface area (Å²) in [4.78, 5) is 0. The van der Waals surface area contributed by atoms with Crippen LogP contribution in [0.1, 0.15) is 52.4 Å². The number of nitrogens with one attached hydrogen (secondary N) is 1. The first-order valence-corrected chi connectivity index (χ1v) is 6.68. The highest BCUT2D eigenvalue weighted by Gasteiger charge is 2.42. The van der Waals surface area contributed by atoms with Gasteiger partial charge in [0.15, 0.2) is 0 Å². The Balaban J connectivity index is 1.76. The second kappa shape index (κ2) is 5.03. The highest BCUT2D eigenvalue weighted by molar-refractivity contribution is 4.96. The van der Waals surface area contributed by atoms with Gasteiger partial charge in [-0.15, -0.1) is 0 Å². The topological polar surface area (TPSA) is 41.5 Å². The van der Waals surface area contributed by atoms with Crippen molar-refractivity contribution in [3.05, 3.63) is 0 Å². The van der Waals surface area contributed by atoms with Crippen LogP contribution in [0.3, 0.4) is 0 Å². The number of aliphatic hydroxyl groups excluding tert-OH is 1. The van der Waals surface area contributed by atoms with Crippen molar-refractivity contribution in [1.82, 2.24) is 5.32 Å². The van der Waals surface area contributed by atoms with Crippen molar-refractivity contribution in [2.45, 2.75) is 76.2 Å². The zero-order valence-electron chi connectivity index (χ0n) is 10.5. The molecule has 2 N–H and O–H groups in total. The lowest BCUT2D eigenvalue weighted by Crippen LogP contribution is -2.52. The van der Waals surface area contributed by atoms with Crippen LogP contribution in [0.25, 0.3) is 0 Å². The van der Waals surface area contributed by atoms with Crippen LogP contribution in [0.15, 0.2) is 0 Å². The van der Waals surface area contributed by atoms with Gasteiger partial charge in [0.1, 0.15) is 0 Å². The molecule has 1 saturated heterocycles. The number of rotatable bonds is 4. The minimum Gasteiger partial charge on any atom is -0.393 e. The third-order valence-electron chi connectivity index (χ3n) is 3.97. The Kier molecular flexibility index (Phi) is 3.88. The molecule has 2 aliphatic rings. The third-order valence-corrected chi connectivity index (χ3v) is 3.97. The predicted octanol–water partition coefficient (Wildman–Crippen LogP) is 1.84.